The minimum atomic E-state index is -0.427. The Labute approximate surface area is 171 Å². The summed E-state index contributed by atoms with van der Waals surface area (Å²) in [5.74, 6) is -0.213. The highest BCUT2D eigenvalue weighted by Gasteiger charge is 2.54. The highest BCUT2D eigenvalue weighted by molar-refractivity contribution is 5.96. The van der Waals surface area contributed by atoms with Gasteiger partial charge in [-0.3, -0.25) is 0 Å². The molecule has 0 bridgehead atoms. The SMILES string of the molecule is CCOC(=O)c1cc2cc(C3CCOC(C)(C)C3)cc(F)c2n1[C@@]1(CN)C[C@@H]1C. The molecular weight excluding hydrogens is 371 g/mol. The van der Waals surface area contributed by atoms with E-state index in [-0.39, 0.29) is 29.9 Å². The predicted molar refractivity (Wildman–Crippen MR) is 111 cm³/mol. The molecule has 29 heavy (non-hydrogen) atoms. The number of halogens is 1. The molecule has 4 rings (SSSR count). The fourth-order valence-electron chi connectivity index (χ4n) is 5.05. The number of nitrogens with zero attached hydrogens (tertiary/aromatic N) is 1. The van der Waals surface area contributed by atoms with Crippen molar-refractivity contribution in [1.82, 2.24) is 4.57 Å². The van der Waals surface area contributed by atoms with Gasteiger partial charge < -0.3 is 19.8 Å². The maximum absolute atomic E-state index is 15.5. The van der Waals surface area contributed by atoms with Crippen molar-refractivity contribution in [2.24, 2.45) is 11.7 Å². The van der Waals surface area contributed by atoms with Crippen LogP contribution in [-0.4, -0.2) is 35.9 Å². The lowest BCUT2D eigenvalue weighted by atomic mass is 9.83. The van der Waals surface area contributed by atoms with Gasteiger partial charge in [0, 0.05) is 18.5 Å². The molecule has 1 aliphatic heterocycles. The number of fused-ring (bicyclic) bond motifs is 1. The number of hydrogen-bond acceptors (Lipinski definition) is 4. The van der Waals surface area contributed by atoms with E-state index < -0.39 is 11.5 Å². The summed E-state index contributed by atoms with van der Waals surface area (Å²) in [6.07, 6.45) is 2.53. The van der Waals surface area contributed by atoms with E-state index in [0.717, 1.165) is 30.2 Å². The van der Waals surface area contributed by atoms with Gasteiger partial charge in [-0.1, -0.05) is 6.92 Å². The Morgan fingerprint density at radius 1 is 1.34 bits per heavy atom. The summed E-state index contributed by atoms with van der Waals surface area (Å²) in [5.41, 5.74) is 7.27. The van der Waals surface area contributed by atoms with Gasteiger partial charge in [-0.15, -0.1) is 0 Å². The lowest BCUT2D eigenvalue weighted by Gasteiger charge is -2.35. The molecule has 6 heteroatoms. The number of aromatic nitrogens is 1. The number of nitrogens with two attached hydrogens (primary N) is 1. The molecule has 1 saturated heterocycles. The molecule has 2 aliphatic rings. The summed E-state index contributed by atoms with van der Waals surface area (Å²) in [6.45, 7) is 9.31. The smallest absolute Gasteiger partial charge is 0.354 e. The van der Waals surface area contributed by atoms with Crippen LogP contribution < -0.4 is 5.73 Å². The topological polar surface area (TPSA) is 66.5 Å². The summed E-state index contributed by atoms with van der Waals surface area (Å²) in [5, 5.41) is 0.735. The zero-order chi connectivity index (χ0) is 21.0. The van der Waals surface area contributed by atoms with Crippen LogP contribution >= 0.6 is 0 Å². The quantitative estimate of drug-likeness (QED) is 0.756. The van der Waals surface area contributed by atoms with Gasteiger partial charge in [-0.05, 0) is 75.6 Å². The number of benzene rings is 1. The summed E-state index contributed by atoms with van der Waals surface area (Å²) in [6, 6.07) is 5.44. The zero-order valence-corrected chi connectivity index (χ0v) is 17.8. The van der Waals surface area contributed by atoms with Crippen molar-refractivity contribution >= 4 is 16.9 Å². The maximum Gasteiger partial charge on any atom is 0.354 e. The number of rotatable bonds is 5. The minimum absolute atomic E-state index is 0.219. The highest BCUT2D eigenvalue weighted by atomic mass is 19.1. The van der Waals surface area contributed by atoms with E-state index in [1.54, 1.807) is 19.1 Å². The van der Waals surface area contributed by atoms with Crippen molar-refractivity contribution in [3.63, 3.8) is 0 Å². The first-order valence-corrected chi connectivity index (χ1v) is 10.6. The monoisotopic (exact) mass is 402 g/mol. The first-order chi connectivity index (χ1) is 13.7. The lowest BCUT2D eigenvalue weighted by Crippen LogP contribution is -2.33. The van der Waals surface area contributed by atoms with Crippen LogP contribution in [0.3, 0.4) is 0 Å². The molecule has 1 aromatic heterocycles. The van der Waals surface area contributed by atoms with E-state index in [4.69, 9.17) is 15.2 Å². The van der Waals surface area contributed by atoms with E-state index in [9.17, 15) is 4.79 Å². The average Bonchev–Trinajstić information content (AvgIpc) is 3.15. The molecular formula is C23H31FN2O3. The van der Waals surface area contributed by atoms with Gasteiger partial charge in [0.15, 0.2) is 0 Å². The second kappa shape index (κ2) is 7.10. The second-order valence-electron chi connectivity index (χ2n) is 9.24. The van der Waals surface area contributed by atoms with Gasteiger partial charge in [0.1, 0.15) is 11.5 Å². The van der Waals surface area contributed by atoms with Gasteiger partial charge in [0.2, 0.25) is 0 Å². The van der Waals surface area contributed by atoms with Crippen LogP contribution in [0.15, 0.2) is 18.2 Å². The molecule has 1 aromatic carbocycles. The largest absolute Gasteiger partial charge is 0.461 e. The molecule has 0 radical (unpaired) electrons. The standard InChI is InChI=1S/C23H31FN2O3/c1-5-28-21(27)19-10-17-8-16(15-6-7-29-22(3,4)12-15)9-18(24)20(17)26(19)23(13-25)11-14(23)2/h8-10,14-15H,5-7,11-13,25H2,1-4H3/t14-,15?,23+/m0/s1. The second-order valence-corrected chi connectivity index (χ2v) is 9.24. The lowest BCUT2D eigenvalue weighted by molar-refractivity contribution is -0.0593. The fraction of sp³-hybridized carbons (Fsp3) is 0.609. The zero-order valence-electron chi connectivity index (χ0n) is 17.8. The summed E-state index contributed by atoms with van der Waals surface area (Å²) in [7, 11) is 0. The van der Waals surface area contributed by atoms with Crippen LogP contribution in [0.1, 0.15) is 68.9 Å². The molecule has 3 atom stereocenters. The molecule has 2 N–H and O–H groups in total. The molecule has 1 saturated carbocycles. The van der Waals surface area contributed by atoms with Crippen LogP contribution in [-0.2, 0) is 15.0 Å². The van der Waals surface area contributed by atoms with Crippen LogP contribution in [0.2, 0.25) is 0 Å². The maximum atomic E-state index is 15.5. The Kier molecular flexibility index (Phi) is 4.98. The van der Waals surface area contributed by atoms with Crippen molar-refractivity contribution in [2.75, 3.05) is 19.8 Å². The van der Waals surface area contributed by atoms with Crippen molar-refractivity contribution < 1.29 is 18.7 Å². The van der Waals surface area contributed by atoms with E-state index in [0.29, 0.717) is 24.4 Å². The Morgan fingerprint density at radius 2 is 2.07 bits per heavy atom. The van der Waals surface area contributed by atoms with Crippen LogP contribution in [0.4, 0.5) is 4.39 Å². The van der Waals surface area contributed by atoms with Crippen molar-refractivity contribution in [3.8, 4) is 0 Å². The van der Waals surface area contributed by atoms with Crippen molar-refractivity contribution in [1.29, 1.82) is 0 Å². The third-order valence-corrected chi connectivity index (χ3v) is 6.74. The predicted octanol–water partition coefficient (Wildman–Crippen LogP) is 4.32. The van der Waals surface area contributed by atoms with E-state index >= 15 is 4.39 Å². The van der Waals surface area contributed by atoms with E-state index in [1.165, 1.54) is 0 Å². The van der Waals surface area contributed by atoms with Gasteiger partial charge in [-0.2, -0.15) is 0 Å². The molecule has 1 unspecified atom stereocenters. The van der Waals surface area contributed by atoms with Crippen molar-refractivity contribution in [3.05, 3.63) is 35.3 Å². The molecule has 158 valence electrons. The van der Waals surface area contributed by atoms with Gasteiger partial charge >= 0.3 is 5.97 Å². The molecule has 2 aromatic rings. The Hall–Kier alpha value is -1.92. The van der Waals surface area contributed by atoms with Crippen LogP contribution in [0.5, 0.6) is 0 Å². The Balaban J connectivity index is 1.85. The molecule has 2 fully saturated rings. The van der Waals surface area contributed by atoms with Gasteiger partial charge in [0.05, 0.1) is 23.3 Å². The Bertz CT molecular complexity index is 947. The number of esters is 1. The number of ether oxygens (including phenoxy) is 2. The molecule has 2 heterocycles. The number of carbonyl (C=O) groups is 1. The molecule has 1 aliphatic carbocycles. The molecule has 0 amide bonds. The summed E-state index contributed by atoms with van der Waals surface area (Å²) < 4.78 is 28.4. The van der Waals surface area contributed by atoms with Crippen LogP contribution in [0, 0.1) is 11.7 Å². The third kappa shape index (κ3) is 3.36. The molecule has 0 spiro atoms. The van der Waals surface area contributed by atoms with E-state index in [2.05, 4.69) is 20.8 Å². The van der Waals surface area contributed by atoms with Gasteiger partial charge in [-0.25, -0.2) is 9.18 Å². The first-order valence-electron chi connectivity index (χ1n) is 10.6. The van der Waals surface area contributed by atoms with E-state index in [1.807, 2.05) is 10.6 Å². The van der Waals surface area contributed by atoms with Crippen molar-refractivity contribution in [2.45, 2.75) is 64.0 Å². The first kappa shape index (κ1) is 20.4. The Morgan fingerprint density at radius 3 is 2.66 bits per heavy atom. The summed E-state index contributed by atoms with van der Waals surface area (Å²) >= 11 is 0. The fourth-order valence-corrected chi connectivity index (χ4v) is 5.05. The number of hydrogen-bond donors (Lipinski definition) is 1. The minimum Gasteiger partial charge on any atom is -0.461 e. The average molecular weight is 403 g/mol. The van der Waals surface area contributed by atoms with Gasteiger partial charge in [0.25, 0.3) is 0 Å². The summed E-state index contributed by atoms with van der Waals surface area (Å²) in [4.78, 5) is 12.7. The third-order valence-electron chi connectivity index (χ3n) is 6.74. The number of carbonyl (C=O) groups excluding carboxylic acids is 1. The molecule has 5 nitrogen and oxygen atoms in total. The van der Waals surface area contributed by atoms with Crippen LogP contribution in [0.25, 0.3) is 10.9 Å². The normalized spacial score (nSPS) is 28.5. The highest BCUT2D eigenvalue weighted by Crippen LogP contribution is 2.52.